The molecule has 0 spiro atoms. The number of anilines is 2. The van der Waals surface area contributed by atoms with Crippen LogP contribution in [0.5, 0.6) is 0 Å². The number of rotatable bonds is 7. The first-order chi connectivity index (χ1) is 8.26. The van der Waals surface area contributed by atoms with Gasteiger partial charge in [0.1, 0.15) is 5.82 Å². The van der Waals surface area contributed by atoms with E-state index in [1.807, 2.05) is 6.07 Å². The number of aromatic nitrogens is 2. The van der Waals surface area contributed by atoms with Crippen molar-refractivity contribution in [3.63, 3.8) is 0 Å². The van der Waals surface area contributed by atoms with E-state index in [1.165, 1.54) is 0 Å². The maximum absolute atomic E-state index is 9.16. The van der Waals surface area contributed by atoms with Crippen LogP contribution in [0.3, 0.4) is 0 Å². The minimum Gasteiger partial charge on any atom is -0.395 e. The molecule has 1 rings (SSSR count). The van der Waals surface area contributed by atoms with Crippen molar-refractivity contribution < 1.29 is 5.11 Å². The molecule has 0 saturated heterocycles. The van der Waals surface area contributed by atoms with Gasteiger partial charge in [-0.1, -0.05) is 13.8 Å². The minimum absolute atomic E-state index is 0.134. The van der Waals surface area contributed by atoms with Crippen molar-refractivity contribution in [2.75, 3.05) is 30.4 Å². The summed E-state index contributed by atoms with van der Waals surface area (Å²) in [5.41, 5.74) is 0. The highest BCUT2D eigenvalue weighted by molar-refractivity contribution is 5.43. The molecule has 0 fully saturated rings. The predicted molar refractivity (Wildman–Crippen MR) is 70.4 cm³/mol. The maximum Gasteiger partial charge on any atom is 0.224 e. The van der Waals surface area contributed by atoms with Gasteiger partial charge in [-0.05, 0) is 18.9 Å². The zero-order chi connectivity index (χ0) is 12.7. The lowest BCUT2D eigenvalue weighted by Crippen LogP contribution is -2.37. The Labute approximate surface area is 103 Å². The number of hydrogen-bond acceptors (Lipinski definition) is 5. The first-order valence-electron chi connectivity index (χ1n) is 6.15. The molecule has 0 radical (unpaired) electrons. The summed E-state index contributed by atoms with van der Waals surface area (Å²) in [5.74, 6) is 1.48. The molecule has 1 aromatic rings. The molecule has 1 aromatic heterocycles. The van der Waals surface area contributed by atoms with Gasteiger partial charge in [0.25, 0.3) is 0 Å². The number of aliphatic hydroxyl groups is 1. The normalized spacial score (nSPS) is 10.6. The van der Waals surface area contributed by atoms with Gasteiger partial charge < -0.3 is 15.3 Å². The van der Waals surface area contributed by atoms with Crippen LogP contribution in [0.1, 0.15) is 26.7 Å². The van der Waals surface area contributed by atoms with E-state index in [1.54, 1.807) is 13.2 Å². The van der Waals surface area contributed by atoms with Gasteiger partial charge in [-0.25, -0.2) is 4.98 Å². The highest BCUT2D eigenvalue weighted by atomic mass is 16.3. The predicted octanol–water partition coefficient (Wildman–Crippen LogP) is 1.51. The molecule has 0 unspecified atom stereocenters. The average Bonchev–Trinajstić information content (AvgIpc) is 2.39. The highest BCUT2D eigenvalue weighted by Crippen LogP contribution is 2.18. The molecule has 0 saturated carbocycles. The molecule has 0 atom stereocenters. The second-order valence-electron chi connectivity index (χ2n) is 3.88. The number of nitrogens with zero attached hydrogens (tertiary/aromatic N) is 3. The lowest BCUT2D eigenvalue weighted by atomic mass is 10.1. The van der Waals surface area contributed by atoms with Crippen molar-refractivity contribution in [2.24, 2.45) is 0 Å². The lowest BCUT2D eigenvalue weighted by molar-refractivity contribution is 0.295. The molecule has 0 aliphatic carbocycles. The molecule has 17 heavy (non-hydrogen) atoms. The van der Waals surface area contributed by atoms with Gasteiger partial charge in [-0.3, -0.25) is 0 Å². The third-order valence-corrected chi connectivity index (χ3v) is 2.88. The average molecular weight is 238 g/mol. The van der Waals surface area contributed by atoms with E-state index < -0.39 is 0 Å². The van der Waals surface area contributed by atoms with Crippen molar-refractivity contribution in [3.8, 4) is 0 Å². The van der Waals surface area contributed by atoms with Crippen LogP contribution in [-0.4, -0.2) is 41.3 Å². The molecule has 5 nitrogen and oxygen atoms in total. The summed E-state index contributed by atoms with van der Waals surface area (Å²) in [6.07, 6.45) is 3.81. The molecular weight excluding hydrogens is 216 g/mol. The van der Waals surface area contributed by atoms with Crippen molar-refractivity contribution >= 4 is 11.8 Å². The van der Waals surface area contributed by atoms with Crippen molar-refractivity contribution in [3.05, 3.63) is 12.3 Å². The van der Waals surface area contributed by atoms with Crippen LogP contribution in [0, 0.1) is 0 Å². The van der Waals surface area contributed by atoms with E-state index in [0.29, 0.717) is 18.5 Å². The van der Waals surface area contributed by atoms with Crippen LogP contribution in [0.15, 0.2) is 12.3 Å². The molecule has 0 aromatic carbocycles. The molecule has 0 amide bonds. The van der Waals surface area contributed by atoms with Crippen molar-refractivity contribution in [1.82, 2.24) is 9.97 Å². The Morgan fingerprint density at radius 1 is 1.41 bits per heavy atom. The summed E-state index contributed by atoms with van der Waals surface area (Å²) in [6.45, 7) is 5.04. The Bertz CT molecular complexity index is 328. The van der Waals surface area contributed by atoms with Crippen LogP contribution >= 0.6 is 0 Å². The standard InChI is InChI=1S/C12H22N4O/c1-4-10(5-2)16(8-9-17)11-6-7-14-12(13-3)15-11/h6-7,10,17H,4-5,8-9H2,1-3H3,(H,13,14,15). The molecular formula is C12H22N4O. The summed E-state index contributed by atoms with van der Waals surface area (Å²) >= 11 is 0. The van der Waals surface area contributed by atoms with Gasteiger partial charge in [-0.15, -0.1) is 0 Å². The summed E-state index contributed by atoms with van der Waals surface area (Å²) < 4.78 is 0. The van der Waals surface area contributed by atoms with Crippen LogP contribution in [0.25, 0.3) is 0 Å². The molecule has 1 heterocycles. The van der Waals surface area contributed by atoms with Gasteiger partial charge in [0.15, 0.2) is 0 Å². The van der Waals surface area contributed by atoms with Crippen molar-refractivity contribution in [2.45, 2.75) is 32.7 Å². The SMILES string of the molecule is CCC(CC)N(CCO)c1ccnc(NC)n1. The summed E-state index contributed by atoms with van der Waals surface area (Å²) in [5, 5.41) is 12.1. The monoisotopic (exact) mass is 238 g/mol. The van der Waals surface area contributed by atoms with E-state index in [0.717, 1.165) is 18.7 Å². The van der Waals surface area contributed by atoms with Gasteiger partial charge in [0.05, 0.1) is 6.61 Å². The van der Waals surface area contributed by atoms with Gasteiger partial charge in [-0.2, -0.15) is 4.98 Å². The Balaban J connectivity index is 2.94. The molecule has 0 aliphatic rings. The topological polar surface area (TPSA) is 61.3 Å². The van der Waals surface area contributed by atoms with Crippen LogP contribution < -0.4 is 10.2 Å². The van der Waals surface area contributed by atoms with Crippen LogP contribution in [0.4, 0.5) is 11.8 Å². The van der Waals surface area contributed by atoms with E-state index in [4.69, 9.17) is 5.11 Å². The minimum atomic E-state index is 0.134. The molecule has 0 bridgehead atoms. The highest BCUT2D eigenvalue weighted by Gasteiger charge is 2.16. The Kier molecular flexibility index (Phi) is 5.69. The number of nitrogens with one attached hydrogen (secondary N) is 1. The van der Waals surface area contributed by atoms with Crippen LogP contribution in [-0.2, 0) is 0 Å². The summed E-state index contributed by atoms with van der Waals surface area (Å²) in [4.78, 5) is 10.7. The fourth-order valence-corrected chi connectivity index (χ4v) is 1.95. The van der Waals surface area contributed by atoms with Gasteiger partial charge in [0, 0.05) is 25.8 Å². The van der Waals surface area contributed by atoms with E-state index in [2.05, 4.69) is 34.0 Å². The number of hydrogen-bond donors (Lipinski definition) is 2. The lowest BCUT2D eigenvalue weighted by Gasteiger charge is -2.31. The quantitative estimate of drug-likeness (QED) is 0.754. The molecule has 0 aliphatic heterocycles. The smallest absolute Gasteiger partial charge is 0.224 e. The third kappa shape index (κ3) is 3.56. The maximum atomic E-state index is 9.16. The molecule has 2 N–H and O–H groups in total. The van der Waals surface area contributed by atoms with Gasteiger partial charge in [0.2, 0.25) is 5.95 Å². The zero-order valence-electron chi connectivity index (χ0n) is 10.8. The second kappa shape index (κ2) is 7.06. The fraction of sp³-hybridized carbons (Fsp3) is 0.667. The van der Waals surface area contributed by atoms with Crippen molar-refractivity contribution in [1.29, 1.82) is 0 Å². The summed E-state index contributed by atoms with van der Waals surface area (Å²) in [7, 11) is 1.80. The first-order valence-corrected chi connectivity index (χ1v) is 6.15. The van der Waals surface area contributed by atoms with E-state index in [-0.39, 0.29) is 6.61 Å². The zero-order valence-corrected chi connectivity index (χ0v) is 10.8. The van der Waals surface area contributed by atoms with Crippen LogP contribution in [0.2, 0.25) is 0 Å². The first kappa shape index (κ1) is 13.7. The summed E-state index contributed by atoms with van der Waals surface area (Å²) in [6, 6.07) is 2.29. The second-order valence-corrected chi connectivity index (χ2v) is 3.88. The number of aliphatic hydroxyl groups excluding tert-OH is 1. The van der Waals surface area contributed by atoms with Gasteiger partial charge >= 0.3 is 0 Å². The van der Waals surface area contributed by atoms with E-state index in [9.17, 15) is 0 Å². The Hall–Kier alpha value is -1.36. The fourth-order valence-electron chi connectivity index (χ4n) is 1.95. The molecule has 5 heteroatoms. The Morgan fingerprint density at radius 3 is 2.65 bits per heavy atom. The largest absolute Gasteiger partial charge is 0.395 e. The van der Waals surface area contributed by atoms with E-state index >= 15 is 0 Å². The Morgan fingerprint density at radius 2 is 2.12 bits per heavy atom. The third-order valence-electron chi connectivity index (χ3n) is 2.88. The molecule has 96 valence electrons.